The number of aliphatic carboxylic acids is 1. The number of unbranched alkanes of at least 4 members (excludes halogenated alkanes) is 1. The number of nitrogens with one attached hydrogen (secondary N) is 2. The molecule has 65 heavy (non-hydrogen) atoms. The molecule has 3 aromatic rings. The number of likely N-dealkylation sites (tertiary alicyclic amines) is 2. The Morgan fingerprint density at radius 3 is 2.43 bits per heavy atom. The van der Waals surface area contributed by atoms with Crippen LogP contribution in [0.2, 0.25) is 0 Å². The number of carbonyl (C=O) groups excluding carboxylic acids is 5. The van der Waals surface area contributed by atoms with Crippen molar-refractivity contribution in [2.75, 3.05) is 66.0 Å². The molecule has 2 aromatic heterocycles. The molecule has 8 rings (SSSR count). The zero-order valence-corrected chi connectivity index (χ0v) is 36.8. The second-order valence-corrected chi connectivity index (χ2v) is 17.1. The van der Waals surface area contributed by atoms with Crippen LogP contribution < -0.4 is 25.7 Å². The van der Waals surface area contributed by atoms with Crippen molar-refractivity contribution in [3.05, 3.63) is 70.3 Å². The normalized spacial score (nSPS) is 23.1. The fraction of sp³-hybridized carbons (Fsp3) is 0.478. The number of hydrogen-bond acceptors (Lipinski definition) is 14. The molecule has 1 aromatic carbocycles. The number of methoxy groups -OCH3 is 2. The Bertz CT molecular complexity index is 2550. The molecule has 19 nitrogen and oxygen atoms in total. The van der Waals surface area contributed by atoms with E-state index >= 15 is 0 Å². The highest BCUT2D eigenvalue weighted by Crippen LogP contribution is 2.43. The highest BCUT2D eigenvalue weighted by Gasteiger charge is 2.61. The van der Waals surface area contributed by atoms with Crippen molar-refractivity contribution >= 4 is 52.1 Å². The summed E-state index contributed by atoms with van der Waals surface area (Å²) in [5.74, 6) is -4.15. The minimum Gasteiger partial charge on any atom is -0.496 e. The summed E-state index contributed by atoms with van der Waals surface area (Å²) in [5.41, 5.74) is -0.431. The lowest BCUT2D eigenvalue weighted by molar-refractivity contribution is -0.169. The predicted molar refractivity (Wildman–Crippen MR) is 234 cm³/mol. The number of aryl methyl sites for hydroxylation is 1. The van der Waals surface area contributed by atoms with Gasteiger partial charge in [-0.2, -0.15) is 0 Å². The smallest absolute Gasteiger partial charge is 0.341 e. The SMILES string of the molecule is CNc1cc2c(=O)n(C)cc(-c3cc(OC)c(CN4CCC5(CC4)CN(C(=O)CCCCOC4(C(=O)O)C=CC=C6C(=O)N(C7CCC(=O)NC7=O)C(=O)C64)CCO5)c(OC)c3)c2cn1. The van der Waals surface area contributed by atoms with Gasteiger partial charge in [-0.25, -0.2) is 9.78 Å². The van der Waals surface area contributed by atoms with Crippen LogP contribution in [0.1, 0.15) is 50.5 Å². The number of nitrogens with zero attached hydrogens (tertiary/aromatic N) is 5. The number of allylic oxidation sites excluding steroid dienone is 2. The third kappa shape index (κ3) is 8.39. The Morgan fingerprint density at radius 1 is 1.02 bits per heavy atom. The molecule has 19 heteroatoms. The second kappa shape index (κ2) is 18.2. The third-order valence-corrected chi connectivity index (χ3v) is 13.3. The number of amides is 5. The fourth-order valence-electron chi connectivity index (χ4n) is 9.72. The van der Waals surface area contributed by atoms with E-state index in [1.54, 1.807) is 51.3 Å². The number of anilines is 1. The number of pyridine rings is 2. The van der Waals surface area contributed by atoms with Gasteiger partial charge in [0.15, 0.2) is 5.60 Å². The maximum atomic E-state index is 13.7. The van der Waals surface area contributed by atoms with E-state index in [1.165, 1.54) is 18.2 Å². The number of rotatable bonds is 14. The Labute approximate surface area is 374 Å². The molecule has 5 aliphatic rings. The summed E-state index contributed by atoms with van der Waals surface area (Å²) >= 11 is 0. The van der Waals surface area contributed by atoms with E-state index in [1.807, 2.05) is 17.0 Å². The lowest BCUT2D eigenvalue weighted by Gasteiger charge is -2.47. The molecule has 4 aliphatic heterocycles. The molecule has 3 unspecified atom stereocenters. The Balaban J connectivity index is 0.856. The van der Waals surface area contributed by atoms with Crippen LogP contribution in [0.3, 0.4) is 0 Å². The van der Waals surface area contributed by atoms with E-state index in [9.17, 15) is 38.7 Å². The average Bonchev–Trinajstić information content (AvgIpc) is 3.56. The first-order chi connectivity index (χ1) is 31.2. The van der Waals surface area contributed by atoms with E-state index in [2.05, 4.69) is 20.5 Å². The Hall–Kier alpha value is -6.44. The molecule has 344 valence electrons. The van der Waals surface area contributed by atoms with E-state index < -0.39 is 52.8 Å². The first-order valence-corrected chi connectivity index (χ1v) is 21.8. The van der Waals surface area contributed by atoms with Crippen molar-refractivity contribution in [2.24, 2.45) is 13.0 Å². The van der Waals surface area contributed by atoms with E-state index in [0.29, 0.717) is 93.1 Å². The summed E-state index contributed by atoms with van der Waals surface area (Å²) in [6, 6.07) is 4.41. The number of aromatic nitrogens is 2. The summed E-state index contributed by atoms with van der Waals surface area (Å²) in [5, 5.41) is 16.8. The first kappa shape index (κ1) is 45.1. The number of benzene rings is 1. The maximum Gasteiger partial charge on any atom is 0.341 e. The van der Waals surface area contributed by atoms with Crippen molar-refractivity contribution in [1.82, 2.24) is 29.6 Å². The van der Waals surface area contributed by atoms with Gasteiger partial charge in [0.25, 0.3) is 11.5 Å². The van der Waals surface area contributed by atoms with Crippen LogP contribution in [-0.4, -0.2) is 143 Å². The van der Waals surface area contributed by atoms with Gasteiger partial charge in [0.1, 0.15) is 29.3 Å². The van der Waals surface area contributed by atoms with Crippen LogP contribution in [-0.2, 0) is 51.8 Å². The van der Waals surface area contributed by atoms with Crippen LogP contribution >= 0.6 is 0 Å². The Kier molecular flexibility index (Phi) is 12.6. The molecule has 5 amide bonds. The number of carboxylic acids is 1. The molecule has 4 fully saturated rings. The van der Waals surface area contributed by atoms with Gasteiger partial charge in [0.05, 0.1) is 37.4 Å². The quantitative estimate of drug-likeness (QED) is 0.156. The molecule has 3 atom stereocenters. The molecule has 1 aliphatic carbocycles. The minimum absolute atomic E-state index is 0.0543. The number of ether oxygens (including phenoxy) is 4. The zero-order chi connectivity index (χ0) is 46.2. The van der Waals surface area contributed by atoms with Crippen molar-refractivity contribution < 1.29 is 52.8 Å². The predicted octanol–water partition coefficient (Wildman–Crippen LogP) is 2.15. The van der Waals surface area contributed by atoms with Gasteiger partial charge in [-0.1, -0.05) is 12.2 Å². The molecule has 0 radical (unpaired) electrons. The van der Waals surface area contributed by atoms with E-state index in [-0.39, 0.29) is 42.9 Å². The first-order valence-electron chi connectivity index (χ1n) is 21.8. The van der Waals surface area contributed by atoms with Crippen LogP contribution in [0.5, 0.6) is 11.5 Å². The van der Waals surface area contributed by atoms with Crippen molar-refractivity contribution in [3.63, 3.8) is 0 Å². The number of piperidine rings is 2. The molecule has 4 saturated heterocycles. The van der Waals surface area contributed by atoms with E-state index in [4.69, 9.17) is 18.9 Å². The van der Waals surface area contributed by atoms with Crippen LogP contribution in [0.15, 0.2) is 59.2 Å². The van der Waals surface area contributed by atoms with Gasteiger partial charge >= 0.3 is 5.97 Å². The molecule has 1 spiro atoms. The number of fused-ring (bicyclic) bond motifs is 2. The zero-order valence-electron chi connectivity index (χ0n) is 36.8. The second-order valence-electron chi connectivity index (χ2n) is 17.1. The molecular formula is C46H53N7O12. The monoisotopic (exact) mass is 895 g/mol. The van der Waals surface area contributed by atoms with Crippen molar-refractivity contribution in [1.29, 1.82) is 0 Å². The molecule has 0 saturated carbocycles. The van der Waals surface area contributed by atoms with Crippen LogP contribution in [0, 0.1) is 5.92 Å². The van der Waals surface area contributed by atoms with Gasteiger partial charge in [-0.05, 0) is 61.9 Å². The third-order valence-electron chi connectivity index (χ3n) is 13.3. The number of hydrogen-bond donors (Lipinski definition) is 3. The molecule has 0 bridgehead atoms. The average molecular weight is 896 g/mol. The number of carboxylic acid groups (broad SMARTS) is 1. The van der Waals surface area contributed by atoms with Gasteiger partial charge in [-0.15, -0.1) is 0 Å². The fourth-order valence-corrected chi connectivity index (χ4v) is 9.72. The summed E-state index contributed by atoms with van der Waals surface area (Å²) in [6.45, 7) is 3.13. The summed E-state index contributed by atoms with van der Waals surface area (Å²) in [6.07, 6.45) is 9.55. The van der Waals surface area contributed by atoms with Gasteiger partial charge in [0.2, 0.25) is 23.6 Å². The minimum atomic E-state index is -2.20. The van der Waals surface area contributed by atoms with Gasteiger partial charge in [0, 0.05) is 95.2 Å². The van der Waals surface area contributed by atoms with Crippen molar-refractivity contribution in [3.8, 4) is 22.6 Å². The summed E-state index contributed by atoms with van der Waals surface area (Å²) in [7, 11) is 6.71. The topological polar surface area (TPSA) is 228 Å². The summed E-state index contributed by atoms with van der Waals surface area (Å²) < 4.78 is 25.7. The molecular weight excluding hydrogens is 843 g/mol. The number of carbonyl (C=O) groups is 6. The highest BCUT2D eigenvalue weighted by atomic mass is 16.5. The lowest BCUT2D eigenvalue weighted by atomic mass is 9.79. The van der Waals surface area contributed by atoms with Crippen LogP contribution in [0.25, 0.3) is 21.9 Å². The molecule has 6 heterocycles. The van der Waals surface area contributed by atoms with Crippen LogP contribution in [0.4, 0.5) is 5.82 Å². The van der Waals surface area contributed by atoms with E-state index in [0.717, 1.165) is 21.6 Å². The Morgan fingerprint density at radius 2 is 1.75 bits per heavy atom. The maximum absolute atomic E-state index is 13.7. The largest absolute Gasteiger partial charge is 0.496 e. The number of imide groups is 2. The highest BCUT2D eigenvalue weighted by molar-refractivity contribution is 6.20. The number of morpholine rings is 1. The standard InChI is InChI=1S/C46H53N7O12/c1-47-36-22-29-30(23-48-36)31(24-50(2)41(29)57)27-20-34(62-3)32(35(21-27)63-4)25-51-15-13-45(14-16-51)26-52(17-19-64-45)38(55)9-5-6-18-65-46(44(60)61)12-7-8-28-39(46)43(59)53(42(28)58)33-10-11-37(54)49-40(33)56/h7-8,12,20-24,33,39H,5-6,9-11,13-19,25-26H2,1-4H3,(H,47,48)(H,60,61)(H,49,54,56). The lowest BCUT2D eigenvalue weighted by Crippen LogP contribution is -2.57. The van der Waals surface area contributed by atoms with Gasteiger partial charge in [-0.3, -0.25) is 43.9 Å². The van der Waals surface area contributed by atoms with Crippen molar-refractivity contribution in [2.45, 2.75) is 68.7 Å². The molecule has 3 N–H and O–H groups in total. The van der Waals surface area contributed by atoms with Gasteiger partial charge < -0.3 is 38.8 Å². The summed E-state index contributed by atoms with van der Waals surface area (Å²) in [4.78, 5) is 100.